The highest BCUT2D eigenvalue weighted by Crippen LogP contribution is 2.33. The molecule has 0 saturated heterocycles. The Morgan fingerprint density at radius 3 is 2.23 bits per heavy atom. The minimum absolute atomic E-state index is 0.101. The monoisotopic (exact) mass is 640 g/mol. The molecule has 0 spiro atoms. The SMILES string of the molecule is Cc1ccc(-n2nc(C(C)(C)C)cc2NC(=O)Nc2ccc(OCc3ccncc3N(OC(=O)O)OC(=O)O)c3ccccc23)cc1. The van der Waals surface area contributed by atoms with Crippen LogP contribution in [-0.4, -0.2) is 43.3 Å². The van der Waals surface area contributed by atoms with E-state index in [-0.39, 0.29) is 22.9 Å². The van der Waals surface area contributed by atoms with E-state index >= 15 is 0 Å². The second kappa shape index (κ2) is 13.4. The molecule has 14 heteroatoms. The summed E-state index contributed by atoms with van der Waals surface area (Å²) < 4.78 is 7.77. The lowest BCUT2D eigenvalue weighted by Gasteiger charge is -2.20. The summed E-state index contributed by atoms with van der Waals surface area (Å²) in [7, 11) is 0. The summed E-state index contributed by atoms with van der Waals surface area (Å²) in [6.07, 6.45) is -1.01. The highest BCUT2D eigenvalue weighted by Gasteiger charge is 2.23. The average Bonchev–Trinajstić information content (AvgIpc) is 3.45. The van der Waals surface area contributed by atoms with Crippen LogP contribution in [0, 0.1) is 6.92 Å². The van der Waals surface area contributed by atoms with Crippen LogP contribution in [0.4, 0.5) is 31.6 Å². The van der Waals surface area contributed by atoms with Crippen molar-refractivity contribution in [2.45, 2.75) is 39.7 Å². The van der Waals surface area contributed by atoms with E-state index in [9.17, 15) is 14.4 Å². The Hall–Kier alpha value is -6.31. The number of nitrogens with zero attached hydrogens (tertiary/aromatic N) is 4. The third-order valence-electron chi connectivity index (χ3n) is 6.92. The van der Waals surface area contributed by atoms with Gasteiger partial charge in [-0.25, -0.2) is 19.1 Å². The minimum Gasteiger partial charge on any atom is -0.488 e. The van der Waals surface area contributed by atoms with Gasteiger partial charge in [-0.1, -0.05) is 62.7 Å². The van der Waals surface area contributed by atoms with E-state index in [1.165, 1.54) is 18.5 Å². The number of ether oxygens (including phenoxy) is 1. The maximum atomic E-state index is 13.4. The van der Waals surface area contributed by atoms with Crippen molar-refractivity contribution in [3.63, 3.8) is 0 Å². The number of rotatable bonds is 9. The van der Waals surface area contributed by atoms with Crippen molar-refractivity contribution in [1.29, 1.82) is 0 Å². The first-order chi connectivity index (χ1) is 22.4. The maximum absolute atomic E-state index is 13.4. The van der Waals surface area contributed by atoms with E-state index < -0.39 is 18.3 Å². The van der Waals surface area contributed by atoms with Crippen LogP contribution in [0.1, 0.15) is 37.6 Å². The number of pyridine rings is 1. The van der Waals surface area contributed by atoms with Gasteiger partial charge in [-0.3, -0.25) is 20.0 Å². The molecule has 2 heterocycles. The van der Waals surface area contributed by atoms with Crippen LogP contribution in [0.15, 0.2) is 85.2 Å². The number of benzene rings is 3. The highest BCUT2D eigenvalue weighted by molar-refractivity contribution is 6.07. The van der Waals surface area contributed by atoms with Gasteiger partial charge in [0.1, 0.15) is 23.9 Å². The molecular weight excluding hydrogens is 608 g/mol. The van der Waals surface area contributed by atoms with Crippen molar-refractivity contribution >= 4 is 46.3 Å². The number of aryl methyl sites for hydroxylation is 1. The van der Waals surface area contributed by atoms with Gasteiger partial charge in [-0.15, -0.1) is 0 Å². The normalized spacial score (nSPS) is 11.1. The second-order valence-electron chi connectivity index (χ2n) is 11.4. The Kier molecular flexibility index (Phi) is 9.12. The lowest BCUT2D eigenvalue weighted by atomic mass is 9.92. The van der Waals surface area contributed by atoms with E-state index in [0.717, 1.165) is 16.9 Å². The van der Waals surface area contributed by atoms with Crippen LogP contribution in [0.2, 0.25) is 0 Å². The first kappa shape index (κ1) is 32.1. The zero-order valence-electron chi connectivity index (χ0n) is 25.9. The Bertz CT molecular complexity index is 1920. The Morgan fingerprint density at radius 1 is 0.894 bits per heavy atom. The number of amides is 2. The molecule has 3 aromatic carbocycles. The largest absolute Gasteiger partial charge is 0.533 e. The molecule has 2 aromatic heterocycles. The predicted molar refractivity (Wildman–Crippen MR) is 173 cm³/mol. The average molecular weight is 641 g/mol. The van der Waals surface area contributed by atoms with E-state index in [4.69, 9.17) is 20.0 Å². The van der Waals surface area contributed by atoms with Gasteiger partial charge < -0.3 is 20.3 Å². The van der Waals surface area contributed by atoms with Gasteiger partial charge in [0.2, 0.25) is 0 Å². The molecule has 0 atom stereocenters. The summed E-state index contributed by atoms with van der Waals surface area (Å²) in [4.78, 5) is 48.4. The van der Waals surface area contributed by atoms with Crippen molar-refractivity contribution in [2.75, 3.05) is 15.9 Å². The lowest BCUT2D eigenvalue weighted by molar-refractivity contribution is -0.0458. The third-order valence-corrected chi connectivity index (χ3v) is 6.92. The Balaban J connectivity index is 1.38. The molecule has 2 amide bonds. The molecule has 0 aliphatic carbocycles. The van der Waals surface area contributed by atoms with Gasteiger partial charge in [0, 0.05) is 34.0 Å². The molecule has 0 aliphatic heterocycles. The molecule has 0 unspecified atom stereocenters. The van der Waals surface area contributed by atoms with Crippen molar-refractivity contribution in [3.05, 3.63) is 102 Å². The first-order valence-electron chi connectivity index (χ1n) is 14.3. The van der Waals surface area contributed by atoms with Crippen LogP contribution in [0.5, 0.6) is 5.75 Å². The summed E-state index contributed by atoms with van der Waals surface area (Å²) in [5.74, 6) is 0.938. The fraction of sp³-hybridized carbons (Fsp3) is 0.182. The molecule has 5 rings (SSSR count). The van der Waals surface area contributed by atoms with Gasteiger partial charge in [-0.05, 0) is 42.5 Å². The maximum Gasteiger partial charge on any atom is 0.533 e. The molecule has 242 valence electrons. The fourth-order valence-electron chi connectivity index (χ4n) is 4.61. The van der Waals surface area contributed by atoms with Crippen molar-refractivity contribution in [1.82, 2.24) is 14.8 Å². The fourth-order valence-corrected chi connectivity index (χ4v) is 4.61. The predicted octanol–water partition coefficient (Wildman–Crippen LogP) is 7.28. The number of aromatic nitrogens is 3. The van der Waals surface area contributed by atoms with Crippen LogP contribution < -0.4 is 20.6 Å². The third kappa shape index (κ3) is 7.68. The number of carboxylic acid groups (broad SMARTS) is 2. The summed E-state index contributed by atoms with van der Waals surface area (Å²) >= 11 is 0. The van der Waals surface area contributed by atoms with E-state index in [1.54, 1.807) is 16.8 Å². The smallest absolute Gasteiger partial charge is 0.488 e. The van der Waals surface area contributed by atoms with Gasteiger partial charge in [-0.2, -0.15) is 5.10 Å². The number of hydrogen-bond acceptors (Lipinski definition) is 9. The highest BCUT2D eigenvalue weighted by atomic mass is 17.0. The van der Waals surface area contributed by atoms with Gasteiger partial charge in [0.25, 0.3) is 0 Å². The molecule has 0 aliphatic rings. The summed E-state index contributed by atoms with van der Waals surface area (Å²) in [6, 6.07) is 21.3. The quantitative estimate of drug-likeness (QED) is 0.119. The lowest BCUT2D eigenvalue weighted by Crippen LogP contribution is -2.30. The van der Waals surface area contributed by atoms with Crippen LogP contribution in [0.3, 0.4) is 0 Å². The molecule has 14 nitrogen and oxygen atoms in total. The zero-order chi connectivity index (χ0) is 33.7. The van der Waals surface area contributed by atoms with Crippen LogP contribution in [0.25, 0.3) is 16.5 Å². The van der Waals surface area contributed by atoms with Crippen molar-refractivity contribution in [3.8, 4) is 11.4 Å². The van der Waals surface area contributed by atoms with Gasteiger partial charge >= 0.3 is 18.3 Å². The van der Waals surface area contributed by atoms with Gasteiger partial charge in [0.15, 0.2) is 0 Å². The number of urea groups is 1. The summed E-state index contributed by atoms with van der Waals surface area (Å²) in [6.45, 7) is 8.00. The number of carbonyl (C=O) groups is 3. The zero-order valence-corrected chi connectivity index (χ0v) is 25.9. The molecular formula is C33H32N6O8. The number of anilines is 3. The molecule has 47 heavy (non-hydrogen) atoms. The molecule has 0 bridgehead atoms. The van der Waals surface area contributed by atoms with Crippen molar-refractivity contribution in [2.24, 2.45) is 0 Å². The number of hydrogen-bond donors (Lipinski definition) is 4. The van der Waals surface area contributed by atoms with E-state index in [1.807, 2.05) is 82.3 Å². The molecule has 0 fully saturated rings. The number of carbonyl (C=O) groups excluding carboxylic acids is 1. The second-order valence-corrected chi connectivity index (χ2v) is 11.4. The molecule has 0 radical (unpaired) electrons. The minimum atomic E-state index is -1.80. The summed E-state index contributed by atoms with van der Waals surface area (Å²) in [5.41, 5.74) is 3.19. The number of nitrogens with one attached hydrogen (secondary N) is 2. The summed E-state index contributed by atoms with van der Waals surface area (Å²) in [5, 5.41) is 30.3. The van der Waals surface area contributed by atoms with E-state index in [2.05, 4.69) is 25.3 Å². The van der Waals surface area contributed by atoms with Crippen molar-refractivity contribution < 1.29 is 39.0 Å². The Labute approximate surface area is 269 Å². The molecule has 0 saturated carbocycles. The van der Waals surface area contributed by atoms with Crippen LogP contribution in [-0.2, 0) is 21.7 Å². The van der Waals surface area contributed by atoms with E-state index in [0.29, 0.717) is 33.6 Å². The molecule has 5 aromatic rings. The topological polar surface area (TPSA) is 177 Å². The molecule has 4 N–H and O–H groups in total. The Morgan fingerprint density at radius 2 is 1.57 bits per heavy atom. The van der Waals surface area contributed by atoms with Crippen LogP contribution >= 0.6 is 0 Å². The number of fused-ring (bicyclic) bond motifs is 1. The van der Waals surface area contributed by atoms with Gasteiger partial charge in [0.05, 0.1) is 23.3 Å². The standard InChI is InChI=1S/C33H32N6O8/c1-20-9-11-22(12-10-20)38-29(17-28(37-38)33(2,3)4)36-30(40)35-25-13-14-27(24-8-6-5-7-23(24)25)45-19-21-15-16-34-18-26(21)39(46-31(41)42)47-32(43)44/h5-18H,19H2,1-4H3,(H,41,42)(H,43,44)(H2,35,36,40). The first-order valence-corrected chi connectivity index (χ1v) is 14.3.